The summed E-state index contributed by atoms with van der Waals surface area (Å²) < 4.78 is 24.1. The number of hydrogen-bond donors (Lipinski definition) is 2. The summed E-state index contributed by atoms with van der Waals surface area (Å²) in [6.45, 7) is 1.93. The van der Waals surface area contributed by atoms with E-state index in [9.17, 15) is 8.42 Å². The van der Waals surface area contributed by atoms with Gasteiger partial charge >= 0.3 is 0 Å². The van der Waals surface area contributed by atoms with E-state index in [1.807, 2.05) is 12.3 Å². The molecule has 5 nitrogen and oxygen atoms in total. The molecule has 1 fully saturated rings. The van der Waals surface area contributed by atoms with Gasteiger partial charge in [-0.3, -0.25) is 11.3 Å². The Labute approximate surface area is 112 Å². The van der Waals surface area contributed by atoms with Crippen LogP contribution in [0.3, 0.4) is 0 Å². The maximum atomic E-state index is 12.1. The Bertz CT molecular complexity index is 498. The van der Waals surface area contributed by atoms with Crippen LogP contribution in [0, 0.1) is 6.92 Å². The van der Waals surface area contributed by atoms with E-state index in [-0.39, 0.29) is 17.0 Å². The van der Waals surface area contributed by atoms with Gasteiger partial charge in [0, 0.05) is 23.5 Å². The molecule has 0 radical (unpaired) electrons. The van der Waals surface area contributed by atoms with Crippen molar-refractivity contribution in [2.45, 2.75) is 43.9 Å². The number of nitrogens with two attached hydrogens (primary N) is 1. The van der Waals surface area contributed by atoms with Crippen molar-refractivity contribution >= 4 is 21.2 Å². The molecule has 0 aromatic carbocycles. The lowest BCUT2D eigenvalue weighted by Gasteiger charge is -2.29. The molecule has 0 bridgehead atoms. The van der Waals surface area contributed by atoms with Crippen molar-refractivity contribution < 1.29 is 8.42 Å². The van der Waals surface area contributed by atoms with E-state index in [2.05, 4.69) is 10.4 Å². The summed E-state index contributed by atoms with van der Waals surface area (Å²) >= 11 is 1.56. The van der Waals surface area contributed by atoms with Gasteiger partial charge in [-0.1, -0.05) is 6.42 Å². The van der Waals surface area contributed by atoms with Crippen LogP contribution in [0.2, 0.25) is 0 Å². The number of rotatable bonds is 4. The molecule has 1 aromatic heterocycles. The topological polar surface area (TPSA) is 85.1 Å². The molecule has 2 heterocycles. The molecule has 1 aromatic rings. The lowest BCUT2D eigenvalue weighted by molar-refractivity contribution is 0.440. The lowest BCUT2D eigenvalue weighted by atomic mass is 10.1. The Morgan fingerprint density at radius 1 is 1.61 bits per heavy atom. The zero-order valence-electron chi connectivity index (χ0n) is 10.4. The molecule has 2 unspecified atom stereocenters. The predicted octanol–water partition coefficient (Wildman–Crippen LogP) is 0.793. The molecule has 3 N–H and O–H groups in total. The van der Waals surface area contributed by atoms with Crippen molar-refractivity contribution in [3.05, 3.63) is 16.1 Å². The Hall–Kier alpha value is -0.500. The summed E-state index contributed by atoms with van der Waals surface area (Å²) in [7, 11) is -3.01. The fourth-order valence-corrected chi connectivity index (χ4v) is 5.36. The van der Waals surface area contributed by atoms with Crippen molar-refractivity contribution in [1.82, 2.24) is 10.4 Å². The van der Waals surface area contributed by atoms with Crippen molar-refractivity contribution in [2.24, 2.45) is 5.84 Å². The minimum Gasteiger partial charge on any atom is -0.271 e. The normalized spacial score (nSPS) is 24.9. The summed E-state index contributed by atoms with van der Waals surface area (Å²) in [4.78, 5) is 4.37. The highest BCUT2D eigenvalue weighted by Gasteiger charge is 2.35. The first kappa shape index (κ1) is 13.9. The number of hydrogen-bond acceptors (Lipinski definition) is 6. The fraction of sp³-hybridized carbons (Fsp3) is 0.727. The minimum absolute atomic E-state index is 0.235. The quantitative estimate of drug-likeness (QED) is 0.632. The molecule has 1 aliphatic heterocycles. The van der Waals surface area contributed by atoms with E-state index in [1.165, 1.54) is 0 Å². The third kappa shape index (κ3) is 3.09. The zero-order valence-corrected chi connectivity index (χ0v) is 12.1. The molecule has 0 amide bonds. The molecule has 102 valence electrons. The summed E-state index contributed by atoms with van der Waals surface area (Å²) in [6.07, 6.45) is 3.01. The van der Waals surface area contributed by atoms with Crippen LogP contribution in [0.15, 0.2) is 5.38 Å². The number of hydrazine groups is 1. The van der Waals surface area contributed by atoms with Crippen molar-refractivity contribution in [1.29, 1.82) is 0 Å². The standard InChI is InChI=1S/C11H19N3O2S2/c1-8-7-17-11(13-8)6-9(14-12)10-4-2-3-5-18(10,15)16/h7,9-10,14H,2-6,12H2,1H3. The number of aromatic nitrogens is 1. The molecule has 1 saturated heterocycles. The van der Waals surface area contributed by atoms with Crippen LogP contribution >= 0.6 is 11.3 Å². The highest BCUT2D eigenvalue weighted by atomic mass is 32.2. The number of aryl methyl sites for hydroxylation is 1. The minimum atomic E-state index is -3.01. The first-order valence-corrected chi connectivity index (χ1v) is 8.71. The second kappa shape index (κ2) is 5.64. The van der Waals surface area contributed by atoms with Gasteiger partial charge in [0.25, 0.3) is 0 Å². The summed E-state index contributed by atoms with van der Waals surface area (Å²) in [5.74, 6) is 5.83. The van der Waals surface area contributed by atoms with Crippen LogP contribution in [-0.2, 0) is 16.3 Å². The van der Waals surface area contributed by atoms with Gasteiger partial charge in [0.1, 0.15) is 0 Å². The third-order valence-electron chi connectivity index (χ3n) is 3.35. The molecule has 18 heavy (non-hydrogen) atoms. The molecular weight excluding hydrogens is 270 g/mol. The third-order valence-corrected chi connectivity index (χ3v) is 6.69. The average Bonchev–Trinajstić information content (AvgIpc) is 2.72. The molecule has 2 atom stereocenters. The van der Waals surface area contributed by atoms with Crippen molar-refractivity contribution in [3.63, 3.8) is 0 Å². The molecule has 7 heteroatoms. The van der Waals surface area contributed by atoms with Gasteiger partial charge in [0.2, 0.25) is 0 Å². The summed E-state index contributed by atoms with van der Waals surface area (Å²) in [6, 6.07) is -0.235. The Balaban J connectivity index is 2.12. The van der Waals surface area contributed by atoms with E-state index in [0.717, 1.165) is 23.5 Å². The number of nitrogens with one attached hydrogen (secondary N) is 1. The highest BCUT2D eigenvalue weighted by molar-refractivity contribution is 7.92. The van der Waals surface area contributed by atoms with Gasteiger partial charge < -0.3 is 0 Å². The Kier molecular flexibility index (Phi) is 4.37. The van der Waals surface area contributed by atoms with Gasteiger partial charge in [-0.2, -0.15) is 0 Å². The molecular formula is C11H19N3O2S2. The molecule has 0 aliphatic carbocycles. The van der Waals surface area contributed by atoms with Crippen molar-refractivity contribution in [2.75, 3.05) is 5.75 Å². The first-order chi connectivity index (χ1) is 8.53. The van der Waals surface area contributed by atoms with Crippen LogP contribution in [0.5, 0.6) is 0 Å². The van der Waals surface area contributed by atoms with Gasteiger partial charge in [0.15, 0.2) is 9.84 Å². The number of nitrogens with zero attached hydrogens (tertiary/aromatic N) is 1. The molecule has 1 aliphatic rings. The van der Waals surface area contributed by atoms with Gasteiger partial charge in [-0.05, 0) is 19.8 Å². The fourth-order valence-electron chi connectivity index (χ4n) is 2.41. The van der Waals surface area contributed by atoms with E-state index >= 15 is 0 Å². The second-order valence-corrected chi connectivity index (χ2v) is 8.04. The maximum Gasteiger partial charge on any atom is 0.154 e. The number of thiazole rings is 1. The smallest absolute Gasteiger partial charge is 0.154 e. The highest BCUT2D eigenvalue weighted by Crippen LogP contribution is 2.24. The molecule has 0 spiro atoms. The van der Waals surface area contributed by atoms with Crippen LogP contribution in [0.1, 0.15) is 30.0 Å². The summed E-state index contributed by atoms with van der Waals surface area (Å²) in [5.41, 5.74) is 3.64. The monoisotopic (exact) mass is 289 g/mol. The van der Waals surface area contributed by atoms with Crippen LogP contribution in [0.4, 0.5) is 0 Å². The van der Waals surface area contributed by atoms with E-state index in [0.29, 0.717) is 12.8 Å². The summed E-state index contributed by atoms with van der Waals surface area (Å²) in [5, 5.41) is 2.54. The van der Waals surface area contributed by atoms with Crippen molar-refractivity contribution in [3.8, 4) is 0 Å². The Morgan fingerprint density at radius 2 is 2.39 bits per heavy atom. The van der Waals surface area contributed by atoms with Gasteiger partial charge in [0.05, 0.1) is 16.0 Å². The maximum absolute atomic E-state index is 12.1. The lowest BCUT2D eigenvalue weighted by Crippen LogP contribution is -2.50. The Morgan fingerprint density at radius 3 is 2.94 bits per heavy atom. The van der Waals surface area contributed by atoms with Gasteiger partial charge in [-0.15, -0.1) is 11.3 Å². The van der Waals surface area contributed by atoms with E-state index in [1.54, 1.807) is 11.3 Å². The van der Waals surface area contributed by atoms with Crippen LogP contribution in [0.25, 0.3) is 0 Å². The van der Waals surface area contributed by atoms with Gasteiger partial charge in [-0.25, -0.2) is 13.4 Å². The van der Waals surface area contributed by atoms with Crippen LogP contribution < -0.4 is 11.3 Å². The molecule has 2 rings (SSSR count). The van der Waals surface area contributed by atoms with Crippen LogP contribution in [-0.4, -0.2) is 30.4 Å². The van der Waals surface area contributed by atoms with E-state index < -0.39 is 9.84 Å². The van der Waals surface area contributed by atoms with E-state index in [4.69, 9.17) is 5.84 Å². The number of sulfone groups is 1. The first-order valence-electron chi connectivity index (χ1n) is 6.11. The predicted molar refractivity (Wildman–Crippen MR) is 73.1 cm³/mol. The second-order valence-electron chi connectivity index (χ2n) is 4.76. The zero-order chi connectivity index (χ0) is 13.2. The largest absolute Gasteiger partial charge is 0.271 e. The molecule has 0 saturated carbocycles. The SMILES string of the molecule is Cc1csc(CC(NN)C2CCCCS2(=O)=O)n1. The average molecular weight is 289 g/mol.